The quantitative estimate of drug-likeness (QED) is 0.650. The summed E-state index contributed by atoms with van der Waals surface area (Å²) in [5, 5.41) is 11.0. The third-order valence-electron chi connectivity index (χ3n) is 3.23. The molecule has 1 fully saturated rings. The largest absolute Gasteiger partial charge is 0.480 e. The molecule has 22 heavy (non-hydrogen) atoms. The lowest BCUT2D eigenvalue weighted by molar-refractivity contribution is -0.138. The number of carbonyl (C=O) groups is 2. The van der Waals surface area contributed by atoms with Gasteiger partial charge >= 0.3 is 5.97 Å². The van der Waals surface area contributed by atoms with Crippen LogP contribution in [0.2, 0.25) is 0 Å². The van der Waals surface area contributed by atoms with Gasteiger partial charge < -0.3 is 20.1 Å². The molecular weight excluding hydrogens is 314 g/mol. The Morgan fingerprint density at radius 2 is 2.05 bits per heavy atom. The molecule has 0 aliphatic carbocycles. The zero-order valence-corrected chi connectivity index (χ0v) is 12.7. The lowest BCUT2D eigenvalue weighted by Gasteiger charge is -2.25. The van der Waals surface area contributed by atoms with E-state index in [1.54, 1.807) is 0 Å². The maximum atomic E-state index is 12.4. The van der Waals surface area contributed by atoms with Crippen molar-refractivity contribution in [2.24, 2.45) is 0 Å². The number of carboxylic acid groups (broad SMARTS) is 1. The summed E-state index contributed by atoms with van der Waals surface area (Å²) in [5.41, 5.74) is -0.0139. The molecule has 2 rings (SSSR count). The zero-order chi connectivity index (χ0) is 16.3. The van der Waals surface area contributed by atoms with Gasteiger partial charge in [-0.25, -0.2) is 8.42 Å². The van der Waals surface area contributed by atoms with Crippen LogP contribution in [-0.2, 0) is 19.6 Å². The monoisotopic (exact) mass is 331 g/mol. The molecule has 0 aromatic carbocycles. The topological polar surface area (TPSA) is 129 Å². The van der Waals surface area contributed by atoms with Crippen LogP contribution in [0.3, 0.4) is 0 Å². The van der Waals surface area contributed by atoms with Crippen LogP contribution >= 0.6 is 0 Å². The molecule has 1 aliphatic rings. The van der Waals surface area contributed by atoms with Gasteiger partial charge in [-0.2, -0.15) is 4.31 Å². The Bertz CT molecular complexity index is 662. The molecule has 2 heterocycles. The molecule has 0 radical (unpaired) electrons. The lowest BCUT2D eigenvalue weighted by Crippen LogP contribution is -2.40. The molecule has 1 aromatic rings. The molecule has 122 valence electrons. The summed E-state index contributed by atoms with van der Waals surface area (Å²) in [5.74, 6) is -1.86. The number of aromatic nitrogens is 1. The molecule has 1 saturated heterocycles. The molecule has 3 N–H and O–H groups in total. The number of nitrogens with one attached hydrogen (secondary N) is 2. The third-order valence-corrected chi connectivity index (χ3v) is 5.10. The highest BCUT2D eigenvalue weighted by Gasteiger charge is 2.28. The van der Waals surface area contributed by atoms with Gasteiger partial charge in [0.2, 0.25) is 10.0 Å². The van der Waals surface area contributed by atoms with Crippen molar-refractivity contribution in [3.63, 3.8) is 0 Å². The Hall–Kier alpha value is -1.91. The number of rotatable bonds is 5. The molecular formula is C12H17N3O6S. The Kier molecular flexibility index (Phi) is 4.84. The Labute approximate surface area is 127 Å². The van der Waals surface area contributed by atoms with E-state index >= 15 is 0 Å². The van der Waals surface area contributed by atoms with Crippen LogP contribution < -0.4 is 5.32 Å². The van der Waals surface area contributed by atoms with E-state index in [0.717, 1.165) is 0 Å². The summed E-state index contributed by atoms with van der Waals surface area (Å²) < 4.78 is 31.1. The number of morpholine rings is 1. The van der Waals surface area contributed by atoms with Gasteiger partial charge in [-0.05, 0) is 13.0 Å². The van der Waals surface area contributed by atoms with Crippen molar-refractivity contribution in [1.29, 1.82) is 0 Å². The zero-order valence-electron chi connectivity index (χ0n) is 11.9. The second-order valence-electron chi connectivity index (χ2n) is 4.80. The van der Waals surface area contributed by atoms with Crippen molar-refractivity contribution < 1.29 is 27.9 Å². The van der Waals surface area contributed by atoms with Crippen LogP contribution in [0.15, 0.2) is 17.2 Å². The van der Waals surface area contributed by atoms with Gasteiger partial charge in [-0.15, -0.1) is 0 Å². The fourth-order valence-electron chi connectivity index (χ4n) is 1.93. The van der Waals surface area contributed by atoms with Crippen LogP contribution in [0.4, 0.5) is 0 Å². The number of ether oxygens (including phenoxy) is 1. The molecule has 1 atom stereocenters. The molecule has 1 aromatic heterocycles. The van der Waals surface area contributed by atoms with Crippen molar-refractivity contribution in [2.75, 3.05) is 26.3 Å². The first-order chi connectivity index (χ1) is 10.3. The van der Waals surface area contributed by atoms with Crippen LogP contribution in [-0.4, -0.2) is 67.0 Å². The normalized spacial score (nSPS) is 17.9. The first kappa shape index (κ1) is 16.5. The SMILES string of the molecule is CC(NC(=O)c1cc(S(=O)(=O)N2CCOCC2)c[nH]1)C(=O)O. The fraction of sp³-hybridized carbons (Fsp3) is 0.500. The summed E-state index contributed by atoms with van der Waals surface area (Å²) in [6.07, 6.45) is 1.21. The standard InChI is InChI=1S/C12H17N3O6S/c1-8(12(17)18)14-11(16)10-6-9(7-13-10)22(19,20)15-2-4-21-5-3-15/h6-8,13H,2-5H2,1H3,(H,14,16)(H,17,18). The van der Waals surface area contributed by atoms with Gasteiger partial charge in [0.1, 0.15) is 16.6 Å². The minimum Gasteiger partial charge on any atom is -0.480 e. The Morgan fingerprint density at radius 1 is 1.41 bits per heavy atom. The number of aromatic amines is 1. The highest BCUT2D eigenvalue weighted by Crippen LogP contribution is 2.18. The van der Waals surface area contributed by atoms with E-state index in [4.69, 9.17) is 9.84 Å². The molecule has 1 unspecified atom stereocenters. The Morgan fingerprint density at radius 3 is 2.64 bits per heavy atom. The number of amides is 1. The van der Waals surface area contributed by atoms with Crippen LogP contribution in [0, 0.1) is 0 Å². The van der Waals surface area contributed by atoms with Crippen LogP contribution in [0.5, 0.6) is 0 Å². The van der Waals surface area contributed by atoms with Gasteiger partial charge in [-0.3, -0.25) is 9.59 Å². The number of hydrogen-bond acceptors (Lipinski definition) is 5. The maximum absolute atomic E-state index is 12.4. The molecule has 0 bridgehead atoms. The summed E-state index contributed by atoms with van der Waals surface area (Å²) in [6.45, 7) is 2.48. The van der Waals surface area contributed by atoms with Crippen molar-refractivity contribution in [1.82, 2.24) is 14.6 Å². The average Bonchev–Trinajstić information content (AvgIpc) is 2.98. The Balaban J connectivity index is 2.13. The first-order valence-electron chi connectivity index (χ1n) is 6.62. The van der Waals surface area contributed by atoms with Crippen LogP contribution in [0.1, 0.15) is 17.4 Å². The van der Waals surface area contributed by atoms with Crippen LogP contribution in [0.25, 0.3) is 0 Å². The van der Waals surface area contributed by atoms with Gasteiger partial charge in [0.05, 0.1) is 13.2 Å². The number of carbonyl (C=O) groups excluding carboxylic acids is 1. The summed E-state index contributed by atoms with van der Waals surface area (Å²) in [6, 6.07) is 0.115. The minimum absolute atomic E-state index is 0.0139. The molecule has 0 saturated carbocycles. The van der Waals surface area contributed by atoms with E-state index in [0.29, 0.717) is 13.2 Å². The molecule has 1 aliphatic heterocycles. The number of nitrogens with zero attached hydrogens (tertiary/aromatic N) is 1. The highest BCUT2D eigenvalue weighted by atomic mass is 32.2. The summed E-state index contributed by atoms with van der Waals surface area (Å²) >= 11 is 0. The van der Waals surface area contributed by atoms with Gasteiger partial charge in [0.25, 0.3) is 5.91 Å². The van der Waals surface area contributed by atoms with Gasteiger partial charge in [-0.1, -0.05) is 0 Å². The average molecular weight is 331 g/mol. The van der Waals surface area contributed by atoms with Crippen molar-refractivity contribution in [3.8, 4) is 0 Å². The predicted molar refractivity (Wildman–Crippen MR) is 74.9 cm³/mol. The number of carboxylic acids is 1. The molecule has 10 heteroatoms. The van der Waals surface area contributed by atoms with E-state index in [-0.39, 0.29) is 23.7 Å². The van der Waals surface area contributed by atoms with Crippen molar-refractivity contribution in [2.45, 2.75) is 17.9 Å². The second-order valence-corrected chi connectivity index (χ2v) is 6.74. The van der Waals surface area contributed by atoms with Crippen molar-refractivity contribution >= 4 is 21.9 Å². The molecule has 9 nitrogen and oxygen atoms in total. The lowest BCUT2D eigenvalue weighted by atomic mass is 10.3. The van der Waals surface area contributed by atoms with Gasteiger partial charge in [0, 0.05) is 19.3 Å². The summed E-state index contributed by atoms with van der Waals surface area (Å²) in [4.78, 5) is 25.1. The fourth-order valence-corrected chi connectivity index (χ4v) is 3.33. The number of sulfonamides is 1. The summed E-state index contributed by atoms with van der Waals surface area (Å²) in [7, 11) is -3.69. The van der Waals surface area contributed by atoms with Gasteiger partial charge in [0.15, 0.2) is 0 Å². The number of aliphatic carboxylic acids is 1. The minimum atomic E-state index is -3.69. The predicted octanol–water partition coefficient (Wildman–Crippen LogP) is -0.761. The van der Waals surface area contributed by atoms with Crippen molar-refractivity contribution in [3.05, 3.63) is 18.0 Å². The second kappa shape index (κ2) is 6.46. The number of H-pyrrole nitrogens is 1. The third kappa shape index (κ3) is 3.46. The van der Waals surface area contributed by atoms with E-state index in [1.165, 1.54) is 23.5 Å². The smallest absolute Gasteiger partial charge is 0.325 e. The van der Waals surface area contributed by atoms with E-state index < -0.39 is 27.9 Å². The number of hydrogen-bond donors (Lipinski definition) is 3. The first-order valence-corrected chi connectivity index (χ1v) is 8.06. The highest BCUT2D eigenvalue weighted by molar-refractivity contribution is 7.89. The van der Waals surface area contributed by atoms with E-state index in [9.17, 15) is 18.0 Å². The van der Waals surface area contributed by atoms with E-state index in [2.05, 4.69) is 10.3 Å². The molecule has 0 spiro atoms. The molecule has 1 amide bonds. The maximum Gasteiger partial charge on any atom is 0.325 e. The van der Waals surface area contributed by atoms with E-state index in [1.807, 2.05) is 0 Å².